The minimum atomic E-state index is -1.57. The Labute approximate surface area is 219 Å². The Kier molecular flexibility index (Phi) is 10.9. The van der Waals surface area contributed by atoms with Crippen LogP contribution in [0.1, 0.15) is 32.3 Å². The van der Waals surface area contributed by atoms with Crippen molar-refractivity contribution in [3.63, 3.8) is 0 Å². The van der Waals surface area contributed by atoms with Crippen molar-refractivity contribution in [2.75, 3.05) is 5.75 Å². The predicted molar refractivity (Wildman–Crippen MR) is 139 cm³/mol. The van der Waals surface area contributed by atoms with E-state index in [2.05, 4.69) is 33.6 Å². The number of fused-ring (bicyclic) bond motifs is 1. The average Bonchev–Trinajstić information content (AvgIpc) is 3.23. The molecule has 202 valence electrons. The number of nitrogens with two attached hydrogens (primary N) is 1. The molecule has 4 atom stereocenters. The number of thiol groups is 1. The van der Waals surface area contributed by atoms with Crippen molar-refractivity contribution in [2.45, 2.75) is 57.3 Å². The normalized spacial score (nSPS) is 14.4. The Morgan fingerprint density at radius 2 is 1.54 bits per heavy atom. The number of aromatic nitrogens is 1. The van der Waals surface area contributed by atoms with E-state index in [1.54, 1.807) is 6.20 Å². The van der Waals surface area contributed by atoms with E-state index in [0.717, 1.165) is 16.5 Å². The van der Waals surface area contributed by atoms with Gasteiger partial charge in [-0.3, -0.25) is 19.2 Å². The van der Waals surface area contributed by atoms with E-state index in [1.165, 1.54) is 0 Å². The van der Waals surface area contributed by atoms with E-state index in [0.29, 0.717) is 0 Å². The number of benzene rings is 1. The Morgan fingerprint density at radius 3 is 2.14 bits per heavy atom. The highest BCUT2D eigenvalue weighted by Gasteiger charge is 2.31. The van der Waals surface area contributed by atoms with Gasteiger partial charge >= 0.3 is 11.9 Å². The van der Waals surface area contributed by atoms with E-state index >= 15 is 0 Å². The molecule has 4 unspecified atom stereocenters. The molecule has 0 saturated heterocycles. The first-order valence-corrected chi connectivity index (χ1v) is 12.3. The van der Waals surface area contributed by atoms with Crippen LogP contribution in [0.15, 0.2) is 30.5 Å². The Balaban J connectivity index is 2.12. The van der Waals surface area contributed by atoms with Gasteiger partial charge in [-0.15, -0.1) is 0 Å². The molecule has 2 aromatic rings. The molecule has 0 aliphatic rings. The van der Waals surface area contributed by atoms with E-state index < -0.39 is 60.2 Å². The maximum absolute atomic E-state index is 13.0. The van der Waals surface area contributed by atoms with Gasteiger partial charge in [0.05, 0.1) is 12.5 Å². The zero-order valence-electron chi connectivity index (χ0n) is 20.6. The molecule has 0 fully saturated rings. The Hall–Kier alpha value is -3.58. The van der Waals surface area contributed by atoms with Crippen molar-refractivity contribution in [3.05, 3.63) is 36.0 Å². The highest BCUT2D eigenvalue weighted by molar-refractivity contribution is 7.80. The molecule has 12 nitrogen and oxygen atoms in total. The largest absolute Gasteiger partial charge is 0.481 e. The molecular formula is C24H33N5O7S. The summed E-state index contributed by atoms with van der Waals surface area (Å²) < 4.78 is 0. The minimum Gasteiger partial charge on any atom is -0.481 e. The number of carbonyl (C=O) groups is 5. The molecule has 0 aliphatic carbocycles. The van der Waals surface area contributed by atoms with Crippen LogP contribution in [0.2, 0.25) is 0 Å². The van der Waals surface area contributed by atoms with E-state index in [1.807, 2.05) is 38.1 Å². The average molecular weight is 536 g/mol. The first-order chi connectivity index (χ1) is 17.4. The maximum atomic E-state index is 13.0. The highest BCUT2D eigenvalue weighted by Crippen LogP contribution is 2.19. The van der Waals surface area contributed by atoms with Crippen LogP contribution in [-0.4, -0.2) is 74.8 Å². The fourth-order valence-electron chi connectivity index (χ4n) is 3.73. The number of hydrogen-bond acceptors (Lipinski definition) is 7. The predicted octanol–water partition coefficient (Wildman–Crippen LogP) is 0.0273. The number of hydrogen-bond donors (Lipinski definition) is 8. The van der Waals surface area contributed by atoms with Gasteiger partial charge in [0.2, 0.25) is 17.7 Å². The number of nitrogens with one attached hydrogen (secondary N) is 4. The number of carboxylic acids is 2. The van der Waals surface area contributed by atoms with Crippen LogP contribution in [0.4, 0.5) is 0 Å². The fourth-order valence-corrected chi connectivity index (χ4v) is 3.97. The molecule has 1 aromatic carbocycles. The molecule has 1 aromatic heterocycles. The lowest BCUT2D eigenvalue weighted by Gasteiger charge is -2.25. The van der Waals surface area contributed by atoms with Gasteiger partial charge in [0.1, 0.15) is 18.1 Å². The standard InChI is InChI=1S/C24H33N5O7S/c1-12(2)7-17(22(33)28-18(9-20(30)31)23(34)29-19(11-37)24(35)36)27-21(32)15(25)8-13-10-26-16-6-4-3-5-14(13)16/h3-6,10,12,15,17-19,26,37H,7-9,11,25H2,1-2H3,(H,27,32)(H,28,33)(H,29,34)(H,30,31)(H,35,36). The Morgan fingerprint density at radius 1 is 0.946 bits per heavy atom. The van der Waals surface area contributed by atoms with Crippen molar-refractivity contribution >= 4 is 53.2 Å². The van der Waals surface area contributed by atoms with Crippen molar-refractivity contribution in [1.29, 1.82) is 0 Å². The molecule has 0 spiro atoms. The quantitative estimate of drug-likeness (QED) is 0.155. The van der Waals surface area contributed by atoms with Crippen molar-refractivity contribution in [2.24, 2.45) is 11.7 Å². The molecule has 13 heteroatoms. The number of aromatic amines is 1. The lowest BCUT2D eigenvalue weighted by Crippen LogP contribution is -2.58. The molecule has 3 amide bonds. The fraction of sp³-hybridized carbons (Fsp3) is 0.458. The van der Waals surface area contributed by atoms with Crippen LogP contribution in [0.5, 0.6) is 0 Å². The lowest BCUT2D eigenvalue weighted by molar-refractivity contribution is -0.143. The van der Waals surface area contributed by atoms with Gasteiger partial charge in [0, 0.05) is 22.9 Å². The van der Waals surface area contributed by atoms with Crippen molar-refractivity contribution in [1.82, 2.24) is 20.9 Å². The molecule has 8 N–H and O–H groups in total. The van der Waals surface area contributed by atoms with Gasteiger partial charge < -0.3 is 36.9 Å². The second-order valence-corrected chi connectivity index (χ2v) is 9.47. The van der Waals surface area contributed by atoms with Crippen molar-refractivity contribution in [3.8, 4) is 0 Å². The topological polar surface area (TPSA) is 204 Å². The molecule has 2 rings (SSSR count). The maximum Gasteiger partial charge on any atom is 0.327 e. The zero-order valence-corrected chi connectivity index (χ0v) is 21.5. The van der Waals surface area contributed by atoms with E-state index in [-0.39, 0.29) is 24.5 Å². The number of amides is 3. The second-order valence-electron chi connectivity index (χ2n) is 9.10. The third-order valence-electron chi connectivity index (χ3n) is 5.60. The van der Waals surface area contributed by atoms with Crippen LogP contribution in [0, 0.1) is 5.92 Å². The lowest BCUT2D eigenvalue weighted by atomic mass is 10.0. The van der Waals surface area contributed by atoms with Gasteiger partial charge in [0.25, 0.3) is 0 Å². The van der Waals surface area contributed by atoms with Gasteiger partial charge in [0.15, 0.2) is 0 Å². The smallest absolute Gasteiger partial charge is 0.327 e. The number of H-pyrrole nitrogens is 1. The summed E-state index contributed by atoms with van der Waals surface area (Å²) in [5.74, 6) is -5.42. The summed E-state index contributed by atoms with van der Waals surface area (Å²) in [5.41, 5.74) is 7.86. The van der Waals surface area contributed by atoms with E-state index in [9.17, 15) is 29.1 Å². The summed E-state index contributed by atoms with van der Waals surface area (Å²) in [7, 11) is 0. The van der Waals surface area contributed by atoms with Crippen LogP contribution in [-0.2, 0) is 30.4 Å². The molecule has 0 saturated carbocycles. The van der Waals surface area contributed by atoms with Crippen molar-refractivity contribution < 1.29 is 34.2 Å². The van der Waals surface area contributed by atoms with Crippen LogP contribution < -0.4 is 21.7 Å². The van der Waals surface area contributed by atoms with E-state index in [4.69, 9.17) is 10.8 Å². The Bertz CT molecular complexity index is 1140. The number of carboxylic acid groups (broad SMARTS) is 2. The van der Waals surface area contributed by atoms with Gasteiger partial charge in [-0.2, -0.15) is 12.6 Å². The third kappa shape index (κ3) is 8.79. The van der Waals surface area contributed by atoms with Crippen LogP contribution in [0.3, 0.4) is 0 Å². The number of rotatable bonds is 14. The SMILES string of the molecule is CC(C)CC(NC(=O)C(N)Cc1c[nH]c2ccccc12)C(=O)NC(CC(=O)O)C(=O)NC(CS)C(=O)O. The molecular weight excluding hydrogens is 502 g/mol. The summed E-state index contributed by atoms with van der Waals surface area (Å²) >= 11 is 3.86. The molecule has 37 heavy (non-hydrogen) atoms. The first-order valence-electron chi connectivity index (χ1n) is 11.7. The third-order valence-corrected chi connectivity index (χ3v) is 5.97. The summed E-state index contributed by atoms with van der Waals surface area (Å²) in [6, 6.07) is 2.51. The summed E-state index contributed by atoms with van der Waals surface area (Å²) in [6.45, 7) is 3.65. The number of para-hydroxylation sites is 1. The van der Waals surface area contributed by atoms with Crippen LogP contribution >= 0.6 is 12.6 Å². The van der Waals surface area contributed by atoms with Gasteiger partial charge in [-0.05, 0) is 30.4 Å². The monoisotopic (exact) mass is 535 g/mol. The van der Waals surface area contributed by atoms with Gasteiger partial charge in [-0.25, -0.2) is 4.79 Å². The summed E-state index contributed by atoms with van der Waals surface area (Å²) in [6.07, 6.45) is 1.36. The molecule has 0 bridgehead atoms. The zero-order chi connectivity index (χ0) is 27.7. The summed E-state index contributed by atoms with van der Waals surface area (Å²) in [4.78, 5) is 64.1. The first kappa shape index (κ1) is 29.6. The molecule has 0 radical (unpaired) electrons. The second kappa shape index (κ2) is 13.7. The highest BCUT2D eigenvalue weighted by atomic mass is 32.1. The van der Waals surface area contributed by atoms with Gasteiger partial charge in [-0.1, -0.05) is 32.0 Å². The number of carbonyl (C=O) groups excluding carboxylic acids is 3. The van der Waals surface area contributed by atoms with Crippen LogP contribution in [0.25, 0.3) is 10.9 Å². The minimum absolute atomic E-state index is 0.0479. The number of aliphatic carboxylic acids is 2. The summed E-state index contributed by atoms with van der Waals surface area (Å²) in [5, 5.41) is 26.3. The molecule has 1 heterocycles. The molecule has 0 aliphatic heterocycles.